The van der Waals surface area contributed by atoms with Gasteiger partial charge in [0.2, 0.25) is 17.7 Å². The second kappa shape index (κ2) is 9.81. The molecule has 0 radical (unpaired) electrons. The number of nitrogens with one attached hydrogen (secondary N) is 4. The first-order chi connectivity index (χ1) is 17.4. The van der Waals surface area contributed by atoms with Crippen molar-refractivity contribution in [1.29, 1.82) is 0 Å². The summed E-state index contributed by atoms with van der Waals surface area (Å²) >= 11 is 0. The number of rotatable bonds is 8. The third-order valence-corrected chi connectivity index (χ3v) is 7.37. The topological polar surface area (TPSA) is 152 Å². The van der Waals surface area contributed by atoms with E-state index in [2.05, 4.69) is 26.4 Å². The quantitative estimate of drug-likeness (QED) is 0.362. The predicted octanol–water partition coefficient (Wildman–Crippen LogP) is 0.736. The number of carbonyl (C=O) groups is 3. The first kappa shape index (κ1) is 24.1. The number of ether oxygens (including phenoxy) is 1. The maximum Gasteiger partial charge on any atom is 0.241 e. The van der Waals surface area contributed by atoms with Gasteiger partial charge in [0.15, 0.2) is 0 Å². The zero-order valence-corrected chi connectivity index (χ0v) is 20.5. The first-order valence-corrected chi connectivity index (χ1v) is 12.5. The van der Waals surface area contributed by atoms with E-state index in [4.69, 9.17) is 10.5 Å². The van der Waals surface area contributed by atoms with Gasteiger partial charge in [0.05, 0.1) is 31.1 Å². The van der Waals surface area contributed by atoms with Crippen LogP contribution in [0, 0.1) is 11.8 Å². The molecule has 3 aliphatic rings. The smallest absolute Gasteiger partial charge is 0.241 e. The average molecular weight is 496 g/mol. The van der Waals surface area contributed by atoms with Crippen molar-refractivity contribution in [2.45, 2.75) is 56.9 Å². The van der Waals surface area contributed by atoms with E-state index in [0.717, 1.165) is 36.1 Å². The van der Waals surface area contributed by atoms with Crippen LogP contribution >= 0.6 is 0 Å². The molecule has 1 aliphatic carbocycles. The molecule has 2 saturated heterocycles. The van der Waals surface area contributed by atoms with Crippen LogP contribution in [0.2, 0.25) is 0 Å². The standard InChI is InChI=1S/C25H33N7O4/c1-13(23(26)33)32-12-15(11-28-32)16-4-3-5-18(22(16)36-2)29-19-10-20(31-24(34)14-6-7-14)30-17-8-9-27-25(35)21(17)19/h3-5,11-14,17,19-21,29-30H,6-10H2,1-2H3,(H2,26,33)(H,27,35)(H,31,34). The molecule has 192 valence electrons. The molecule has 11 nitrogen and oxygen atoms in total. The molecule has 1 aromatic carbocycles. The number of primary amides is 1. The number of anilines is 1. The maximum absolute atomic E-state index is 12.9. The maximum atomic E-state index is 12.9. The Morgan fingerprint density at radius 1 is 1.28 bits per heavy atom. The van der Waals surface area contributed by atoms with Gasteiger partial charge in [-0.25, -0.2) is 0 Å². The van der Waals surface area contributed by atoms with Crippen LogP contribution in [-0.2, 0) is 14.4 Å². The number of para-hydroxylation sites is 1. The zero-order chi connectivity index (χ0) is 25.4. The number of hydrogen-bond acceptors (Lipinski definition) is 7. The van der Waals surface area contributed by atoms with Crippen LogP contribution in [0.15, 0.2) is 30.6 Å². The van der Waals surface area contributed by atoms with Crippen molar-refractivity contribution in [2.75, 3.05) is 19.0 Å². The number of benzene rings is 1. The van der Waals surface area contributed by atoms with E-state index in [1.165, 1.54) is 4.68 Å². The lowest BCUT2D eigenvalue weighted by molar-refractivity contribution is -0.130. The third kappa shape index (κ3) is 4.75. The van der Waals surface area contributed by atoms with Gasteiger partial charge in [-0.05, 0) is 32.3 Å². The molecule has 3 heterocycles. The monoisotopic (exact) mass is 495 g/mol. The number of carbonyl (C=O) groups excluding carboxylic acids is 3. The molecule has 5 unspecified atom stereocenters. The largest absolute Gasteiger partial charge is 0.494 e. The van der Waals surface area contributed by atoms with E-state index < -0.39 is 11.9 Å². The van der Waals surface area contributed by atoms with Gasteiger partial charge in [-0.1, -0.05) is 12.1 Å². The van der Waals surface area contributed by atoms with E-state index >= 15 is 0 Å². The van der Waals surface area contributed by atoms with E-state index in [1.54, 1.807) is 26.4 Å². The van der Waals surface area contributed by atoms with Crippen molar-refractivity contribution >= 4 is 23.4 Å². The van der Waals surface area contributed by atoms with Crippen LogP contribution in [0.4, 0.5) is 5.69 Å². The molecule has 6 N–H and O–H groups in total. The Hall–Kier alpha value is -3.60. The molecule has 5 rings (SSSR count). The fourth-order valence-corrected chi connectivity index (χ4v) is 5.21. The summed E-state index contributed by atoms with van der Waals surface area (Å²) in [5.41, 5.74) is 7.73. The van der Waals surface area contributed by atoms with Gasteiger partial charge < -0.3 is 26.4 Å². The number of nitrogens with two attached hydrogens (primary N) is 1. The van der Waals surface area contributed by atoms with Crippen LogP contribution in [0.25, 0.3) is 11.1 Å². The van der Waals surface area contributed by atoms with Gasteiger partial charge in [-0.3, -0.25) is 24.4 Å². The molecule has 36 heavy (non-hydrogen) atoms. The molecule has 0 spiro atoms. The Bertz CT molecular complexity index is 1160. The number of aromatic nitrogens is 2. The van der Waals surface area contributed by atoms with Crippen molar-refractivity contribution in [2.24, 2.45) is 17.6 Å². The van der Waals surface area contributed by atoms with E-state index in [-0.39, 0.29) is 41.9 Å². The summed E-state index contributed by atoms with van der Waals surface area (Å²) in [6.45, 7) is 2.30. The third-order valence-electron chi connectivity index (χ3n) is 7.37. The van der Waals surface area contributed by atoms with Gasteiger partial charge in [-0.15, -0.1) is 0 Å². The number of amides is 3. The van der Waals surface area contributed by atoms with Gasteiger partial charge in [0.1, 0.15) is 11.8 Å². The van der Waals surface area contributed by atoms with Crippen LogP contribution < -0.4 is 31.7 Å². The summed E-state index contributed by atoms with van der Waals surface area (Å²) < 4.78 is 7.33. The lowest BCUT2D eigenvalue weighted by Gasteiger charge is -2.45. The minimum absolute atomic E-state index is 0.0000524. The number of nitrogens with zero attached hydrogens (tertiary/aromatic N) is 2. The summed E-state index contributed by atoms with van der Waals surface area (Å²) in [5, 5.41) is 17.5. The minimum Gasteiger partial charge on any atom is -0.494 e. The molecule has 3 amide bonds. The summed E-state index contributed by atoms with van der Waals surface area (Å²) in [6, 6.07) is 4.89. The lowest BCUT2D eigenvalue weighted by atomic mass is 9.80. The molecule has 3 fully saturated rings. The van der Waals surface area contributed by atoms with E-state index in [0.29, 0.717) is 18.7 Å². The van der Waals surface area contributed by atoms with Crippen LogP contribution in [0.3, 0.4) is 0 Å². The Kier molecular flexibility index (Phi) is 6.57. The molecule has 1 saturated carbocycles. The highest BCUT2D eigenvalue weighted by molar-refractivity contribution is 5.84. The Morgan fingerprint density at radius 3 is 2.81 bits per heavy atom. The second-order valence-corrected chi connectivity index (χ2v) is 9.87. The van der Waals surface area contributed by atoms with Gasteiger partial charge in [0, 0.05) is 48.3 Å². The van der Waals surface area contributed by atoms with Gasteiger partial charge in [-0.2, -0.15) is 5.10 Å². The summed E-state index contributed by atoms with van der Waals surface area (Å²) in [4.78, 5) is 36.9. The SMILES string of the molecule is COc1c(NC2CC(NC(=O)C3CC3)NC3CCNC(=O)C23)cccc1-c1cnn(C(C)C(N)=O)c1. The molecule has 1 aromatic heterocycles. The van der Waals surface area contributed by atoms with Crippen molar-refractivity contribution in [3.05, 3.63) is 30.6 Å². The molecule has 2 aromatic rings. The van der Waals surface area contributed by atoms with Crippen LogP contribution in [-0.4, -0.2) is 59.4 Å². The number of hydrogen-bond donors (Lipinski definition) is 5. The molecule has 11 heteroatoms. The number of piperidine rings is 2. The summed E-state index contributed by atoms with van der Waals surface area (Å²) in [5.74, 6) is 0.0305. The van der Waals surface area contributed by atoms with Crippen LogP contribution in [0.5, 0.6) is 5.75 Å². The van der Waals surface area contributed by atoms with Gasteiger partial charge >= 0.3 is 0 Å². The summed E-state index contributed by atoms with van der Waals surface area (Å²) in [6.07, 6.45) is 6.43. The highest BCUT2D eigenvalue weighted by Gasteiger charge is 2.45. The fraction of sp³-hybridized carbons (Fsp3) is 0.520. The van der Waals surface area contributed by atoms with Crippen molar-refractivity contribution in [3.63, 3.8) is 0 Å². The summed E-state index contributed by atoms with van der Waals surface area (Å²) in [7, 11) is 1.59. The normalized spacial score (nSPS) is 26.3. The Balaban J connectivity index is 1.41. The van der Waals surface area contributed by atoms with Crippen molar-refractivity contribution < 1.29 is 19.1 Å². The Labute approximate surface area is 209 Å². The first-order valence-electron chi connectivity index (χ1n) is 12.5. The number of fused-ring (bicyclic) bond motifs is 1. The zero-order valence-electron chi connectivity index (χ0n) is 20.5. The average Bonchev–Trinajstić information content (AvgIpc) is 3.60. The highest BCUT2D eigenvalue weighted by Crippen LogP contribution is 2.39. The van der Waals surface area contributed by atoms with Gasteiger partial charge in [0.25, 0.3) is 0 Å². The molecular weight excluding hydrogens is 462 g/mol. The lowest BCUT2D eigenvalue weighted by Crippen LogP contribution is -2.66. The highest BCUT2D eigenvalue weighted by atomic mass is 16.5. The Morgan fingerprint density at radius 2 is 2.08 bits per heavy atom. The molecule has 2 aliphatic heterocycles. The van der Waals surface area contributed by atoms with E-state index in [9.17, 15) is 14.4 Å². The van der Waals surface area contributed by atoms with E-state index in [1.807, 2.05) is 18.2 Å². The number of methoxy groups -OCH3 is 1. The second-order valence-electron chi connectivity index (χ2n) is 9.87. The minimum atomic E-state index is -0.578. The van der Waals surface area contributed by atoms with Crippen LogP contribution in [0.1, 0.15) is 38.6 Å². The van der Waals surface area contributed by atoms with Crippen molar-refractivity contribution in [1.82, 2.24) is 25.7 Å². The fourth-order valence-electron chi connectivity index (χ4n) is 5.21. The predicted molar refractivity (Wildman–Crippen MR) is 133 cm³/mol. The van der Waals surface area contributed by atoms with Crippen molar-refractivity contribution in [3.8, 4) is 16.9 Å². The molecular formula is C25H33N7O4. The molecule has 5 atom stereocenters. The molecule has 0 bridgehead atoms.